The third-order valence-electron chi connectivity index (χ3n) is 4.49. The number of halogens is 8. The number of alkyl halides is 8. The lowest BCUT2D eigenvalue weighted by Crippen LogP contribution is -2.66. The van der Waals surface area contributed by atoms with Crippen LogP contribution in [0.2, 0.25) is 65.0 Å². The summed E-state index contributed by atoms with van der Waals surface area (Å²) in [7, 11) is -12.0. The van der Waals surface area contributed by atoms with Gasteiger partial charge in [-0.1, -0.05) is 0 Å². The Labute approximate surface area is 233 Å². The van der Waals surface area contributed by atoms with Crippen molar-refractivity contribution < 1.29 is 66.9 Å². The van der Waals surface area contributed by atoms with Gasteiger partial charge >= 0.3 is 44.4 Å². The Bertz CT molecular complexity index is 883. The molecule has 0 aliphatic rings. The number of aliphatic carboxylic acids is 1. The molecule has 236 valence electrons. The summed E-state index contributed by atoms with van der Waals surface area (Å²) in [6.45, 7) is 14.7. The monoisotopic (exact) mass is 666 g/mol. The first-order valence-electron chi connectivity index (χ1n) is 12.0. The molecule has 0 aromatic heterocycles. The molecule has 0 aromatic rings. The maximum atomic E-state index is 15.2. The summed E-state index contributed by atoms with van der Waals surface area (Å²) in [4.78, 5) is 22.7. The Kier molecular flexibility index (Phi) is 12.3. The van der Waals surface area contributed by atoms with Crippen LogP contribution in [-0.2, 0) is 26.7 Å². The highest BCUT2D eigenvalue weighted by Gasteiger charge is 2.81. The minimum absolute atomic E-state index is 0.0799. The smallest absolute Gasteiger partial charge is 0.469 e. The summed E-state index contributed by atoms with van der Waals surface area (Å²) in [6, 6.07) is -0.730. The fourth-order valence-electron chi connectivity index (χ4n) is 3.24. The van der Waals surface area contributed by atoms with Gasteiger partial charge < -0.3 is 22.2 Å². The Morgan fingerprint density at radius 1 is 0.725 bits per heavy atom. The van der Waals surface area contributed by atoms with Crippen LogP contribution in [-0.4, -0.2) is 80.6 Å². The first-order chi connectivity index (χ1) is 17.3. The summed E-state index contributed by atoms with van der Waals surface area (Å²) in [5.41, 5.74) is 0. The lowest BCUT2D eigenvalue weighted by Gasteiger charge is -2.44. The van der Waals surface area contributed by atoms with E-state index in [0.29, 0.717) is 0 Å². The first-order valence-corrected chi connectivity index (χ1v) is 24.2. The standard InChI is InChI=1S/C21H38F8O7Si4/c1-18(22,23)20(26,27)21(28,29)19(24,25)15(33-17(32)12-11-16(30)31)13-14-40(34-37(2,3)4,35-38(5,6)7)36-39(8,9)10/h11-12,15H,13-14H2,1-10H3,(H,30,31)/b12-11+. The summed E-state index contributed by atoms with van der Waals surface area (Å²) < 4.78 is 137. The first kappa shape index (κ1) is 38.9. The molecule has 0 radical (unpaired) electrons. The molecular formula is C21H38F8O7Si4. The molecule has 0 saturated carbocycles. The molecule has 0 rings (SSSR count). The van der Waals surface area contributed by atoms with Crippen molar-refractivity contribution in [3.05, 3.63) is 12.2 Å². The largest absolute Gasteiger partial charge is 0.478 e. The fourth-order valence-corrected chi connectivity index (χ4v) is 17.9. The minimum Gasteiger partial charge on any atom is -0.478 e. The molecule has 40 heavy (non-hydrogen) atoms. The molecule has 0 aliphatic heterocycles. The highest BCUT2D eigenvalue weighted by Crippen LogP contribution is 2.54. The Hall–Kier alpha value is -1.13. The highest BCUT2D eigenvalue weighted by molar-refractivity contribution is 6.90. The van der Waals surface area contributed by atoms with Gasteiger partial charge in [0, 0.05) is 25.1 Å². The number of esters is 1. The van der Waals surface area contributed by atoms with Crippen molar-refractivity contribution in [3.63, 3.8) is 0 Å². The number of carboxylic acid groups (broad SMARTS) is 1. The van der Waals surface area contributed by atoms with Gasteiger partial charge in [0.1, 0.15) is 0 Å². The molecule has 0 saturated heterocycles. The van der Waals surface area contributed by atoms with E-state index in [0.717, 1.165) is 0 Å². The third kappa shape index (κ3) is 11.3. The second kappa shape index (κ2) is 12.6. The second-order valence-corrected chi connectivity index (χ2v) is 29.1. The van der Waals surface area contributed by atoms with E-state index in [2.05, 4.69) is 4.74 Å². The number of carboxylic acids is 1. The van der Waals surface area contributed by atoms with Crippen LogP contribution >= 0.6 is 0 Å². The Morgan fingerprint density at radius 2 is 1.10 bits per heavy atom. The highest BCUT2D eigenvalue weighted by atomic mass is 28.5. The van der Waals surface area contributed by atoms with Gasteiger partial charge in [0.15, 0.2) is 31.1 Å². The second-order valence-electron chi connectivity index (χ2n) is 12.1. The van der Waals surface area contributed by atoms with Gasteiger partial charge in [-0.3, -0.25) is 0 Å². The van der Waals surface area contributed by atoms with E-state index < -0.39 is 94.9 Å². The van der Waals surface area contributed by atoms with Gasteiger partial charge in [-0.2, -0.15) is 35.1 Å². The summed E-state index contributed by atoms with van der Waals surface area (Å²) in [6.07, 6.45) is -4.56. The van der Waals surface area contributed by atoms with Crippen LogP contribution < -0.4 is 0 Å². The SMILES string of the molecule is CC(F)(F)C(F)(F)C(F)(F)C(F)(F)C(CC[Si](O[Si](C)(C)C)(O[Si](C)(C)C)O[Si](C)(C)C)OC(=O)/C=C/C(=O)O. The lowest BCUT2D eigenvalue weighted by atomic mass is 9.94. The lowest BCUT2D eigenvalue weighted by molar-refractivity contribution is -0.376. The Balaban J connectivity index is 6.96. The van der Waals surface area contributed by atoms with E-state index in [1.807, 2.05) is 0 Å². The average Bonchev–Trinajstić information content (AvgIpc) is 2.63. The number of carbonyl (C=O) groups is 2. The molecule has 7 nitrogen and oxygen atoms in total. The van der Waals surface area contributed by atoms with E-state index >= 15 is 8.78 Å². The molecule has 0 amide bonds. The third-order valence-corrected chi connectivity index (χ3v) is 16.5. The topological polar surface area (TPSA) is 91.3 Å². The van der Waals surface area contributed by atoms with Crippen LogP contribution in [0.15, 0.2) is 12.2 Å². The average molecular weight is 667 g/mol. The molecule has 0 aromatic carbocycles. The number of hydrogen-bond acceptors (Lipinski definition) is 6. The van der Waals surface area contributed by atoms with Gasteiger partial charge in [0.2, 0.25) is 0 Å². The summed E-state index contributed by atoms with van der Waals surface area (Å²) >= 11 is 0. The summed E-state index contributed by atoms with van der Waals surface area (Å²) in [5.74, 6) is -28.6. The van der Waals surface area contributed by atoms with Crippen molar-refractivity contribution in [2.75, 3.05) is 0 Å². The van der Waals surface area contributed by atoms with Crippen LogP contribution in [0.4, 0.5) is 35.1 Å². The predicted octanol–water partition coefficient (Wildman–Crippen LogP) is 6.98. The molecule has 0 spiro atoms. The van der Waals surface area contributed by atoms with E-state index in [4.69, 9.17) is 17.5 Å². The molecule has 1 N–H and O–H groups in total. The van der Waals surface area contributed by atoms with Gasteiger partial charge in [0.25, 0.3) is 0 Å². The van der Waals surface area contributed by atoms with Gasteiger partial charge in [-0.05, 0) is 65.3 Å². The predicted molar refractivity (Wildman–Crippen MR) is 141 cm³/mol. The quantitative estimate of drug-likeness (QED) is 0.0823. The van der Waals surface area contributed by atoms with Gasteiger partial charge in [0.05, 0.1) is 0 Å². The van der Waals surface area contributed by atoms with Crippen molar-refractivity contribution in [1.82, 2.24) is 0 Å². The van der Waals surface area contributed by atoms with E-state index in [9.17, 15) is 35.9 Å². The van der Waals surface area contributed by atoms with Crippen LogP contribution in [0.5, 0.6) is 0 Å². The number of hydrogen-bond donors (Lipinski definition) is 1. The molecular weight excluding hydrogens is 629 g/mol. The Morgan fingerprint density at radius 3 is 1.40 bits per heavy atom. The number of ether oxygens (including phenoxy) is 1. The van der Waals surface area contributed by atoms with Gasteiger partial charge in [-0.15, -0.1) is 0 Å². The molecule has 1 atom stereocenters. The molecule has 0 heterocycles. The van der Waals surface area contributed by atoms with Crippen LogP contribution in [0.3, 0.4) is 0 Å². The fraction of sp³-hybridized carbons (Fsp3) is 0.810. The number of rotatable bonds is 16. The molecule has 1 unspecified atom stereocenters. The number of carbonyl (C=O) groups excluding carboxylic acids is 1. The van der Waals surface area contributed by atoms with Crippen LogP contribution in [0.1, 0.15) is 13.3 Å². The van der Waals surface area contributed by atoms with Crippen LogP contribution in [0.25, 0.3) is 0 Å². The van der Waals surface area contributed by atoms with Crippen LogP contribution in [0, 0.1) is 0 Å². The molecule has 0 aliphatic carbocycles. The van der Waals surface area contributed by atoms with Crippen molar-refractivity contribution >= 4 is 45.7 Å². The van der Waals surface area contributed by atoms with Gasteiger partial charge in [-0.25, -0.2) is 9.59 Å². The van der Waals surface area contributed by atoms with E-state index in [1.165, 1.54) is 0 Å². The van der Waals surface area contributed by atoms with Crippen molar-refractivity contribution in [3.8, 4) is 0 Å². The molecule has 0 fully saturated rings. The molecule has 19 heteroatoms. The summed E-state index contributed by atoms with van der Waals surface area (Å²) in [5, 5.41) is 8.64. The maximum absolute atomic E-state index is 15.2. The zero-order valence-electron chi connectivity index (χ0n) is 24.1. The normalized spacial score (nSPS) is 15.8. The van der Waals surface area contributed by atoms with E-state index in [-0.39, 0.29) is 12.2 Å². The van der Waals surface area contributed by atoms with Crippen molar-refractivity contribution in [2.24, 2.45) is 0 Å². The molecule has 0 bridgehead atoms. The van der Waals surface area contributed by atoms with Crippen molar-refractivity contribution in [1.29, 1.82) is 0 Å². The zero-order chi connectivity index (χ0) is 32.4. The minimum atomic E-state index is -6.72. The van der Waals surface area contributed by atoms with Crippen molar-refractivity contribution in [2.45, 2.75) is 108 Å². The maximum Gasteiger partial charge on any atom is 0.469 e. The van der Waals surface area contributed by atoms with E-state index in [1.54, 1.807) is 58.9 Å². The zero-order valence-corrected chi connectivity index (χ0v) is 28.1.